The summed E-state index contributed by atoms with van der Waals surface area (Å²) < 4.78 is 0. The van der Waals surface area contributed by atoms with Gasteiger partial charge in [0.05, 0.1) is 0 Å². The Balaban J connectivity index is 3.43. The van der Waals surface area contributed by atoms with Crippen LogP contribution < -0.4 is 5.32 Å². The van der Waals surface area contributed by atoms with Gasteiger partial charge in [0.25, 0.3) is 0 Å². The fraction of sp³-hybridized carbons (Fsp3) is 0.800. The third-order valence-corrected chi connectivity index (χ3v) is 1.75. The minimum Gasteiger partial charge on any atom is -0.389 e. The molecule has 0 aromatic carbocycles. The van der Waals surface area contributed by atoms with Crippen molar-refractivity contribution in [2.24, 2.45) is 0 Å². The first-order chi connectivity index (χ1) is 5.35. The Morgan fingerprint density at radius 2 is 2.00 bits per heavy atom. The highest BCUT2D eigenvalue weighted by Crippen LogP contribution is 2.03. The molecule has 66 valence electrons. The highest BCUT2D eigenvalue weighted by molar-refractivity contribution is 4.96. The molecule has 0 radical (unpaired) electrons. The Morgan fingerprint density at radius 1 is 1.27 bits per heavy atom. The summed E-state index contributed by atoms with van der Waals surface area (Å²) in [6.07, 6.45) is 7.20. The van der Waals surface area contributed by atoms with Crippen LogP contribution in [0, 0.1) is 0 Å². The van der Waals surface area contributed by atoms with Crippen LogP contribution in [-0.2, 0) is 0 Å². The van der Waals surface area contributed by atoms with E-state index >= 15 is 0 Å². The first-order valence-corrected chi connectivity index (χ1v) is 4.74. The van der Waals surface area contributed by atoms with E-state index in [-0.39, 0.29) is 0 Å². The van der Waals surface area contributed by atoms with Crippen LogP contribution in [0.3, 0.4) is 0 Å². The van der Waals surface area contributed by atoms with Gasteiger partial charge in [0.1, 0.15) is 0 Å². The highest BCUT2D eigenvalue weighted by Gasteiger charge is 1.92. The molecule has 0 spiro atoms. The molecular formula is C10H21N. The van der Waals surface area contributed by atoms with Crippen LogP contribution in [0.2, 0.25) is 0 Å². The maximum absolute atomic E-state index is 3.42. The van der Waals surface area contributed by atoms with E-state index in [1.54, 1.807) is 0 Å². The van der Waals surface area contributed by atoms with E-state index in [0.717, 1.165) is 6.54 Å². The molecule has 0 aliphatic rings. The molecule has 1 nitrogen and oxygen atoms in total. The molecule has 0 aliphatic heterocycles. The van der Waals surface area contributed by atoms with Crippen LogP contribution >= 0.6 is 0 Å². The van der Waals surface area contributed by atoms with Gasteiger partial charge in [0, 0.05) is 12.2 Å². The van der Waals surface area contributed by atoms with Crippen molar-refractivity contribution in [2.45, 2.75) is 46.5 Å². The Labute approximate surface area is 70.9 Å². The van der Waals surface area contributed by atoms with Crippen molar-refractivity contribution in [2.75, 3.05) is 6.54 Å². The Kier molecular flexibility index (Phi) is 7.33. The molecule has 0 atom stereocenters. The lowest BCUT2D eigenvalue weighted by molar-refractivity contribution is 0.687. The fourth-order valence-electron chi connectivity index (χ4n) is 0.988. The average Bonchev–Trinajstić information content (AvgIpc) is 2.05. The number of nitrogens with one attached hydrogen (secondary N) is 1. The molecule has 0 amide bonds. The molecule has 0 aliphatic carbocycles. The monoisotopic (exact) mass is 155 g/mol. The summed E-state index contributed by atoms with van der Waals surface area (Å²) in [5.41, 5.74) is 1.41. The fourth-order valence-corrected chi connectivity index (χ4v) is 0.988. The van der Waals surface area contributed by atoms with Gasteiger partial charge in [-0.05, 0) is 26.2 Å². The molecule has 0 unspecified atom stereocenters. The van der Waals surface area contributed by atoms with Crippen molar-refractivity contribution in [3.63, 3.8) is 0 Å². The normalized spacial score (nSPS) is 11.7. The van der Waals surface area contributed by atoms with E-state index in [2.05, 4.69) is 32.2 Å². The third-order valence-electron chi connectivity index (χ3n) is 1.75. The van der Waals surface area contributed by atoms with Crippen molar-refractivity contribution in [3.8, 4) is 0 Å². The van der Waals surface area contributed by atoms with Crippen molar-refractivity contribution in [1.29, 1.82) is 0 Å². The molecule has 0 aromatic heterocycles. The molecule has 0 heterocycles. The summed E-state index contributed by atoms with van der Waals surface area (Å²) in [4.78, 5) is 0. The Hall–Kier alpha value is -0.460. The van der Waals surface area contributed by atoms with Gasteiger partial charge in [-0.1, -0.05) is 26.3 Å². The molecule has 0 fully saturated rings. The van der Waals surface area contributed by atoms with Gasteiger partial charge in [-0.25, -0.2) is 0 Å². The zero-order chi connectivity index (χ0) is 8.53. The highest BCUT2D eigenvalue weighted by atomic mass is 14.9. The Bertz CT molecular complexity index is 95.4. The van der Waals surface area contributed by atoms with E-state index in [0.29, 0.717) is 0 Å². The first kappa shape index (κ1) is 10.5. The molecule has 0 saturated heterocycles. The van der Waals surface area contributed by atoms with Crippen molar-refractivity contribution in [1.82, 2.24) is 5.32 Å². The van der Waals surface area contributed by atoms with Crippen LogP contribution in [0.4, 0.5) is 0 Å². The second-order valence-electron chi connectivity index (χ2n) is 2.84. The van der Waals surface area contributed by atoms with Gasteiger partial charge >= 0.3 is 0 Å². The molecule has 11 heavy (non-hydrogen) atoms. The van der Waals surface area contributed by atoms with Gasteiger partial charge < -0.3 is 5.32 Å². The van der Waals surface area contributed by atoms with Crippen molar-refractivity contribution >= 4 is 0 Å². The van der Waals surface area contributed by atoms with Gasteiger partial charge in [-0.2, -0.15) is 0 Å². The largest absolute Gasteiger partial charge is 0.389 e. The molecule has 1 heteroatoms. The zero-order valence-corrected chi connectivity index (χ0v) is 8.11. The van der Waals surface area contributed by atoms with E-state index in [9.17, 15) is 0 Å². The number of allylic oxidation sites excluding steroid dienone is 2. The van der Waals surface area contributed by atoms with E-state index in [4.69, 9.17) is 0 Å². The van der Waals surface area contributed by atoms with E-state index < -0.39 is 0 Å². The predicted molar refractivity (Wildman–Crippen MR) is 51.6 cm³/mol. The van der Waals surface area contributed by atoms with E-state index in [1.165, 1.54) is 31.4 Å². The number of rotatable bonds is 6. The quantitative estimate of drug-likeness (QED) is 0.621. The SMILES string of the molecule is C/C=C(/CCCC)NCCC. The predicted octanol–water partition coefficient (Wildman–Crippen LogP) is 3.08. The van der Waals surface area contributed by atoms with Gasteiger partial charge in [0.2, 0.25) is 0 Å². The summed E-state index contributed by atoms with van der Waals surface area (Å²) in [5.74, 6) is 0. The molecule has 0 rings (SSSR count). The van der Waals surface area contributed by atoms with Crippen LogP contribution in [0.25, 0.3) is 0 Å². The van der Waals surface area contributed by atoms with Crippen LogP contribution in [0.1, 0.15) is 46.5 Å². The lowest BCUT2D eigenvalue weighted by Gasteiger charge is -2.08. The molecule has 0 aromatic rings. The lowest BCUT2D eigenvalue weighted by atomic mass is 10.2. The number of unbranched alkanes of at least 4 members (excludes halogenated alkanes) is 1. The maximum atomic E-state index is 3.42. The maximum Gasteiger partial charge on any atom is 0.0141 e. The first-order valence-electron chi connectivity index (χ1n) is 4.74. The number of hydrogen-bond donors (Lipinski definition) is 1. The zero-order valence-electron chi connectivity index (χ0n) is 8.11. The third kappa shape index (κ3) is 5.96. The van der Waals surface area contributed by atoms with E-state index in [1.807, 2.05) is 0 Å². The summed E-state index contributed by atoms with van der Waals surface area (Å²) >= 11 is 0. The van der Waals surface area contributed by atoms with Crippen LogP contribution in [-0.4, -0.2) is 6.54 Å². The van der Waals surface area contributed by atoms with Crippen LogP contribution in [0.15, 0.2) is 11.8 Å². The molecule has 1 N–H and O–H groups in total. The smallest absolute Gasteiger partial charge is 0.0141 e. The molecular weight excluding hydrogens is 134 g/mol. The molecule has 0 bridgehead atoms. The van der Waals surface area contributed by atoms with Gasteiger partial charge in [-0.3, -0.25) is 0 Å². The minimum absolute atomic E-state index is 1.11. The molecule has 0 saturated carbocycles. The van der Waals surface area contributed by atoms with Crippen molar-refractivity contribution in [3.05, 3.63) is 11.8 Å². The topological polar surface area (TPSA) is 12.0 Å². The second-order valence-corrected chi connectivity index (χ2v) is 2.84. The lowest BCUT2D eigenvalue weighted by Crippen LogP contribution is -2.13. The summed E-state index contributed by atoms with van der Waals surface area (Å²) in [5, 5.41) is 3.42. The average molecular weight is 155 g/mol. The van der Waals surface area contributed by atoms with Crippen LogP contribution in [0.5, 0.6) is 0 Å². The summed E-state index contributed by atoms with van der Waals surface area (Å²) in [6, 6.07) is 0. The van der Waals surface area contributed by atoms with Crippen molar-refractivity contribution < 1.29 is 0 Å². The summed E-state index contributed by atoms with van der Waals surface area (Å²) in [6.45, 7) is 7.64. The summed E-state index contributed by atoms with van der Waals surface area (Å²) in [7, 11) is 0. The Morgan fingerprint density at radius 3 is 2.45 bits per heavy atom. The minimum atomic E-state index is 1.11. The van der Waals surface area contributed by atoms with Gasteiger partial charge in [0.15, 0.2) is 0 Å². The second kappa shape index (κ2) is 7.64. The number of hydrogen-bond acceptors (Lipinski definition) is 1. The van der Waals surface area contributed by atoms with Gasteiger partial charge in [-0.15, -0.1) is 0 Å². The standard InChI is InChI=1S/C10H21N/c1-4-7-8-10(6-3)11-9-5-2/h6,11H,4-5,7-9H2,1-3H3/b10-6-.